The van der Waals surface area contributed by atoms with Gasteiger partial charge in [0.2, 0.25) is 0 Å². The molecule has 0 amide bonds. The molecule has 0 atom stereocenters. The first kappa shape index (κ1) is 20.3. The molecule has 3 rings (SSSR count). The second-order valence-electron chi connectivity index (χ2n) is 5.99. The Hall–Kier alpha value is -2.41. The van der Waals surface area contributed by atoms with Crippen LogP contribution in [0.1, 0.15) is 15.9 Å². The van der Waals surface area contributed by atoms with Gasteiger partial charge in [-0.2, -0.15) is 17.0 Å². The molecule has 0 saturated carbocycles. The van der Waals surface area contributed by atoms with Crippen molar-refractivity contribution in [2.75, 3.05) is 34.2 Å². The molecule has 2 N–H and O–H groups in total. The second kappa shape index (κ2) is 8.31. The lowest BCUT2D eigenvalue weighted by atomic mass is 10.1. The summed E-state index contributed by atoms with van der Waals surface area (Å²) in [5.74, 6) is 0.660. The largest absolute Gasteiger partial charge is 0.478 e. The number of nitriles is 1. The van der Waals surface area contributed by atoms with Gasteiger partial charge in [0.25, 0.3) is 10.0 Å². The van der Waals surface area contributed by atoms with Crippen molar-refractivity contribution >= 4 is 50.7 Å². The number of halogens is 1. The Labute approximate surface area is 172 Å². The van der Waals surface area contributed by atoms with Gasteiger partial charge in [0, 0.05) is 35.3 Å². The molecular weight excluding hydrogens is 422 g/mol. The summed E-state index contributed by atoms with van der Waals surface area (Å²) in [6.45, 7) is 1.45. The molecule has 2 aromatic carbocycles. The number of carbonyl (C=O) groups is 1. The normalized spacial score (nSPS) is 14.4. The summed E-state index contributed by atoms with van der Waals surface area (Å²) in [7, 11) is -4.13. The van der Waals surface area contributed by atoms with E-state index in [4.69, 9.17) is 16.9 Å². The molecule has 1 fully saturated rings. The van der Waals surface area contributed by atoms with Gasteiger partial charge in [0.1, 0.15) is 11.0 Å². The molecule has 1 saturated heterocycles. The molecule has 7 nitrogen and oxygen atoms in total. The number of nitrogens with zero attached hydrogens (tertiary/aromatic N) is 2. The monoisotopic (exact) mass is 437 g/mol. The van der Waals surface area contributed by atoms with Crippen molar-refractivity contribution < 1.29 is 18.3 Å². The zero-order valence-corrected chi connectivity index (χ0v) is 16.9. The molecule has 0 radical (unpaired) electrons. The highest BCUT2D eigenvalue weighted by Crippen LogP contribution is 2.29. The first-order valence-corrected chi connectivity index (χ1v) is 11.3. The number of anilines is 2. The Balaban J connectivity index is 1.96. The molecule has 1 aliphatic rings. The molecule has 0 unspecified atom stereocenters. The van der Waals surface area contributed by atoms with Gasteiger partial charge in [-0.05, 0) is 36.4 Å². The van der Waals surface area contributed by atoms with E-state index in [-0.39, 0.29) is 26.7 Å². The van der Waals surface area contributed by atoms with Crippen LogP contribution >= 0.6 is 23.4 Å². The quantitative estimate of drug-likeness (QED) is 0.738. The number of aromatic carboxylic acids is 1. The Morgan fingerprint density at radius 1 is 1.21 bits per heavy atom. The van der Waals surface area contributed by atoms with Crippen LogP contribution in [0.4, 0.5) is 11.4 Å². The minimum Gasteiger partial charge on any atom is -0.478 e. The maximum atomic E-state index is 12.7. The summed E-state index contributed by atoms with van der Waals surface area (Å²) in [4.78, 5) is 13.4. The van der Waals surface area contributed by atoms with Gasteiger partial charge in [-0.15, -0.1) is 0 Å². The number of rotatable bonds is 5. The molecule has 1 aliphatic heterocycles. The van der Waals surface area contributed by atoms with E-state index in [1.165, 1.54) is 30.3 Å². The van der Waals surface area contributed by atoms with E-state index < -0.39 is 16.0 Å². The highest BCUT2D eigenvalue weighted by Gasteiger charge is 2.22. The van der Waals surface area contributed by atoms with Crippen LogP contribution in [-0.2, 0) is 10.0 Å². The fourth-order valence-corrected chi connectivity index (χ4v) is 5.24. The average molecular weight is 438 g/mol. The first-order chi connectivity index (χ1) is 13.3. The van der Waals surface area contributed by atoms with Crippen LogP contribution in [0.15, 0.2) is 41.3 Å². The van der Waals surface area contributed by atoms with Gasteiger partial charge in [0.05, 0.1) is 16.8 Å². The number of sulfonamides is 1. The van der Waals surface area contributed by atoms with Crippen molar-refractivity contribution in [1.29, 1.82) is 5.26 Å². The van der Waals surface area contributed by atoms with Gasteiger partial charge in [0.15, 0.2) is 0 Å². The molecule has 0 aliphatic carbocycles. The third-order valence-electron chi connectivity index (χ3n) is 4.18. The summed E-state index contributed by atoms with van der Waals surface area (Å²) in [6, 6.07) is 10.1. The summed E-state index contributed by atoms with van der Waals surface area (Å²) in [6.07, 6.45) is 0. The molecule has 0 bridgehead atoms. The Kier molecular flexibility index (Phi) is 6.03. The standard InChI is InChI=1S/C18H16ClN3O4S2/c19-13-2-1-12(11-20)17(9-13)28(25,26)21-14-3-4-16(15(10-14)18(23)24)22-5-7-27-8-6-22/h1-4,9-10,21H,5-8H2,(H,23,24). The zero-order valence-electron chi connectivity index (χ0n) is 14.6. The number of benzene rings is 2. The zero-order chi connectivity index (χ0) is 20.3. The van der Waals surface area contributed by atoms with Crippen molar-refractivity contribution in [2.24, 2.45) is 0 Å². The third-order valence-corrected chi connectivity index (χ3v) is 6.78. The van der Waals surface area contributed by atoms with E-state index in [1.54, 1.807) is 17.8 Å². The lowest BCUT2D eigenvalue weighted by Gasteiger charge is -2.29. The Morgan fingerprint density at radius 2 is 1.93 bits per heavy atom. The second-order valence-corrected chi connectivity index (χ2v) is 9.31. The molecule has 146 valence electrons. The predicted molar refractivity (Wildman–Crippen MR) is 110 cm³/mol. The van der Waals surface area contributed by atoms with Crippen molar-refractivity contribution in [3.8, 4) is 6.07 Å². The summed E-state index contributed by atoms with van der Waals surface area (Å²) < 4.78 is 27.8. The fourth-order valence-electron chi connectivity index (χ4n) is 2.87. The number of carboxylic acid groups (broad SMARTS) is 1. The average Bonchev–Trinajstić information content (AvgIpc) is 2.68. The summed E-state index contributed by atoms with van der Waals surface area (Å²) >= 11 is 7.67. The van der Waals surface area contributed by atoms with Gasteiger partial charge in [-0.25, -0.2) is 13.2 Å². The maximum Gasteiger partial charge on any atom is 0.337 e. The summed E-state index contributed by atoms with van der Waals surface area (Å²) in [5, 5.41) is 18.9. The lowest BCUT2D eigenvalue weighted by molar-refractivity contribution is 0.0697. The van der Waals surface area contributed by atoms with E-state index in [0.717, 1.165) is 24.6 Å². The van der Waals surface area contributed by atoms with Crippen molar-refractivity contribution in [1.82, 2.24) is 0 Å². The Bertz CT molecular complexity index is 1060. The maximum absolute atomic E-state index is 12.7. The molecule has 0 spiro atoms. The van der Waals surface area contributed by atoms with E-state index in [1.807, 2.05) is 11.0 Å². The van der Waals surface area contributed by atoms with Crippen molar-refractivity contribution in [3.05, 3.63) is 52.5 Å². The van der Waals surface area contributed by atoms with Crippen LogP contribution in [0, 0.1) is 11.3 Å². The van der Waals surface area contributed by atoms with Gasteiger partial charge >= 0.3 is 5.97 Å². The summed E-state index contributed by atoms with van der Waals surface area (Å²) in [5.41, 5.74) is 0.601. The van der Waals surface area contributed by atoms with Crippen LogP contribution in [-0.4, -0.2) is 44.1 Å². The Morgan fingerprint density at radius 3 is 2.57 bits per heavy atom. The number of hydrogen-bond acceptors (Lipinski definition) is 6. The fraction of sp³-hybridized carbons (Fsp3) is 0.222. The van der Waals surface area contributed by atoms with E-state index >= 15 is 0 Å². The van der Waals surface area contributed by atoms with Crippen LogP contribution in [0.25, 0.3) is 0 Å². The van der Waals surface area contributed by atoms with Gasteiger partial charge in [-0.3, -0.25) is 4.72 Å². The number of carboxylic acids is 1. The van der Waals surface area contributed by atoms with E-state index in [2.05, 4.69) is 4.72 Å². The number of thioether (sulfide) groups is 1. The minimum atomic E-state index is -4.13. The molecule has 2 aromatic rings. The SMILES string of the molecule is N#Cc1ccc(Cl)cc1S(=O)(=O)Nc1ccc(N2CCSCC2)c(C(=O)O)c1. The smallest absolute Gasteiger partial charge is 0.337 e. The molecule has 1 heterocycles. The van der Waals surface area contributed by atoms with Gasteiger partial charge < -0.3 is 10.0 Å². The minimum absolute atomic E-state index is 0.0127. The highest BCUT2D eigenvalue weighted by atomic mass is 35.5. The van der Waals surface area contributed by atoms with E-state index in [0.29, 0.717) is 5.69 Å². The van der Waals surface area contributed by atoms with Crippen LogP contribution in [0.5, 0.6) is 0 Å². The number of hydrogen-bond donors (Lipinski definition) is 2. The van der Waals surface area contributed by atoms with E-state index in [9.17, 15) is 18.3 Å². The predicted octanol–water partition coefficient (Wildman–Crippen LogP) is 3.26. The van der Waals surface area contributed by atoms with Crippen molar-refractivity contribution in [3.63, 3.8) is 0 Å². The molecule has 0 aromatic heterocycles. The number of nitrogens with one attached hydrogen (secondary N) is 1. The van der Waals surface area contributed by atoms with Crippen LogP contribution in [0.3, 0.4) is 0 Å². The van der Waals surface area contributed by atoms with Gasteiger partial charge in [-0.1, -0.05) is 11.6 Å². The first-order valence-electron chi connectivity index (χ1n) is 8.24. The molecule has 10 heteroatoms. The van der Waals surface area contributed by atoms with Crippen LogP contribution in [0.2, 0.25) is 5.02 Å². The van der Waals surface area contributed by atoms with Crippen molar-refractivity contribution in [2.45, 2.75) is 4.90 Å². The molecular formula is C18H16ClN3O4S2. The third kappa shape index (κ3) is 4.35. The molecule has 28 heavy (non-hydrogen) atoms. The van der Waals surface area contributed by atoms with Crippen LogP contribution < -0.4 is 9.62 Å². The highest BCUT2D eigenvalue weighted by molar-refractivity contribution is 7.99. The topological polar surface area (TPSA) is 110 Å². The lowest BCUT2D eigenvalue weighted by Crippen LogP contribution is -2.33.